The van der Waals surface area contributed by atoms with E-state index in [2.05, 4.69) is 36.7 Å². The topological polar surface area (TPSA) is 26.3 Å². The first-order valence-electron chi connectivity index (χ1n) is 6.70. The van der Waals surface area contributed by atoms with Crippen LogP contribution in [-0.2, 0) is 9.53 Å². The van der Waals surface area contributed by atoms with Crippen LogP contribution in [0, 0.1) is 17.3 Å². The second-order valence-electron chi connectivity index (χ2n) is 6.42. The number of methoxy groups -OCH3 is 1. The molecule has 1 saturated carbocycles. The molecule has 18 heavy (non-hydrogen) atoms. The molecule has 0 spiro atoms. The lowest BCUT2D eigenvalue weighted by atomic mass is 9.60. The van der Waals surface area contributed by atoms with Crippen LogP contribution in [0.25, 0.3) is 0 Å². The molecule has 0 aromatic carbocycles. The average molecular weight is 315 g/mol. The Morgan fingerprint density at radius 3 is 2.83 bits per heavy atom. The van der Waals surface area contributed by atoms with Crippen molar-refractivity contribution in [1.29, 1.82) is 0 Å². The monoisotopic (exact) mass is 314 g/mol. The minimum atomic E-state index is -0.137. The third-order valence-electron chi connectivity index (χ3n) is 5.40. The van der Waals surface area contributed by atoms with Gasteiger partial charge >= 0.3 is 0 Å². The lowest BCUT2D eigenvalue weighted by molar-refractivity contribution is -0.115. The lowest BCUT2D eigenvalue weighted by Gasteiger charge is -2.47. The highest BCUT2D eigenvalue weighted by Crippen LogP contribution is 2.54. The Labute approximate surface area is 118 Å². The maximum Gasteiger partial charge on any atom is 0.156 e. The number of ether oxygens (including phenoxy) is 1. The molecule has 102 valence electrons. The molecule has 0 saturated heterocycles. The van der Waals surface area contributed by atoms with Gasteiger partial charge in [-0.3, -0.25) is 4.79 Å². The van der Waals surface area contributed by atoms with E-state index in [0.29, 0.717) is 24.0 Å². The second kappa shape index (κ2) is 4.75. The van der Waals surface area contributed by atoms with E-state index in [1.807, 2.05) is 6.08 Å². The highest BCUT2D eigenvalue weighted by atomic mass is 79.9. The summed E-state index contributed by atoms with van der Waals surface area (Å²) in [6, 6.07) is 0. The number of carbonyl (C=O) groups excluding carboxylic acids is 1. The van der Waals surface area contributed by atoms with Crippen LogP contribution in [0.2, 0.25) is 0 Å². The van der Waals surface area contributed by atoms with Gasteiger partial charge in [-0.15, -0.1) is 0 Å². The highest BCUT2D eigenvalue weighted by Gasteiger charge is 2.49. The molecule has 1 unspecified atom stereocenters. The van der Waals surface area contributed by atoms with Crippen LogP contribution < -0.4 is 0 Å². The number of rotatable bonds is 3. The molecular formula is C15H23BrO2. The van der Waals surface area contributed by atoms with Gasteiger partial charge < -0.3 is 4.74 Å². The number of allylic oxidation sites excluding steroid dienone is 2. The quantitative estimate of drug-likeness (QED) is 0.742. The van der Waals surface area contributed by atoms with Crippen LogP contribution in [0.1, 0.15) is 40.0 Å². The van der Waals surface area contributed by atoms with E-state index in [1.165, 1.54) is 5.57 Å². The van der Waals surface area contributed by atoms with Crippen LogP contribution in [-0.4, -0.2) is 23.8 Å². The van der Waals surface area contributed by atoms with Crippen molar-refractivity contribution in [1.82, 2.24) is 0 Å². The first-order valence-corrected chi connectivity index (χ1v) is 7.83. The predicted molar refractivity (Wildman–Crippen MR) is 76.9 cm³/mol. The van der Waals surface area contributed by atoms with E-state index < -0.39 is 0 Å². The highest BCUT2D eigenvalue weighted by molar-refractivity contribution is 9.09. The van der Waals surface area contributed by atoms with Gasteiger partial charge in [-0.05, 0) is 43.1 Å². The largest absolute Gasteiger partial charge is 0.377 e. The first-order chi connectivity index (χ1) is 8.35. The minimum Gasteiger partial charge on any atom is -0.377 e. The zero-order valence-corrected chi connectivity index (χ0v) is 13.3. The maximum atomic E-state index is 11.7. The normalized spacial score (nSPS) is 39.2. The zero-order valence-electron chi connectivity index (χ0n) is 11.8. The van der Waals surface area contributed by atoms with Crippen molar-refractivity contribution in [2.45, 2.75) is 45.6 Å². The van der Waals surface area contributed by atoms with Crippen molar-refractivity contribution in [3.8, 4) is 0 Å². The average Bonchev–Trinajstić information content (AvgIpc) is 2.64. The molecule has 0 aromatic heterocycles. The Kier molecular flexibility index (Phi) is 3.76. The summed E-state index contributed by atoms with van der Waals surface area (Å²) in [5, 5.41) is 0.839. The Bertz CT molecular complexity index is 384. The fourth-order valence-electron chi connectivity index (χ4n) is 3.50. The third kappa shape index (κ3) is 2.09. The summed E-state index contributed by atoms with van der Waals surface area (Å²) in [5.41, 5.74) is 1.32. The Hall–Kier alpha value is -0.150. The second-order valence-corrected chi connectivity index (χ2v) is 6.98. The Morgan fingerprint density at radius 1 is 1.61 bits per heavy atom. The van der Waals surface area contributed by atoms with Crippen molar-refractivity contribution in [3.05, 3.63) is 11.6 Å². The van der Waals surface area contributed by atoms with Crippen LogP contribution >= 0.6 is 15.9 Å². The van der Waals surface area contributed by atoms with Gasteiger partial charge in [-0.1, -0.05) is 35.4 Å². The van der Waals surface area contributed by atoms with Crippen molar-refractivity contribution >= 4 is 21.7 Å². The summed E-state index contributed by atoms with van der Waals surface area (Å²) < 4.78 is 5.72. The third-order valence-corrected chi connectivity index (χ3v) is 6.51. The summed E-state index contributed by atoms with van der Waals surface area (Å²) in [5.74, 6) is 1.34. The molecule has 2 rings (SSSR count). The molecule has 2 aliphatic rings. The number of alkyl halides is 1. The molecule has 0 heterocycles. The first kappa shape index (κ1) is 14.3. The van der Waals surface area contributed by atoms with Crippen molar-refractivity contribution in [2.75, 3.05) is 12.4 Å². The molecule has 3 heteroatoms. The van der Waals surface area contributed by atoms with E-state index in [9.17, 15) is 4.79 Å². The molecule has 2 aliphatic carbocycles. The molecule has 4 atom stereocenters. The molecule has 0 N–H and O–H groups in total. The van der Waals surface area contributed by atoms with Crippen LogP contribution in [0.5, 0.6) is 0 Å². The molecule has 0 aliphatic heterocycles. The van der Waals surface area contributed by atoms with Gasteiger partial charge in [-0.25, -0.2) is 0 Å². The van der Waals surface area contributed by atoms with Crippen LogP contribution in [0.4, 0.5) is 0 Å². The lowest BCUT2D eigenvalue weighted by Crippen LogP contribution is -2.45. The fourth-order valence-corrected chi connectivity index (χ4v) is 4.19. The summed E-state index contributed by atoms with van der Waals surface area (Å²) >= 11 is 3.57. The van der Waals surface area contributed by atoms with E-state index in [1.54, 1.807) is 7.11 Å². The molecule has 0 aromatic rings. The smallest absolute Gasteiger partial charge is 0.156 e. The van der Waals surface area contributed by atoms with Gasteiger partial charge in [0.05, 0.1) is 5.60 Å². The minimum absolute atomic E-state index is 0.106. The number of carbonyl (C=O) groups is 1. The van der Waals surface area contributed by atoms with Gasteiger partial charge in [0.25, 0.3) is 0 Å². The van der Waals surface area contributed by atoms with E-state index in [4.69, 9.17) is 4.74 Å². The molecular weight excluding hydrogens is 292 g/mol. The van der Waals surface area contributed by atoms with Gasteiger partial charge in [0.2, 0.25) is 0 Å². The molecule has 1 fully saturated rings. The Balaban J connectivity index is 2.27. The SMILES string of the molecule is COC(C)(CBr)[C@H]1CC2=CC(=O)C[C@@]2(C)[C@H](C)C1. The summed E-state index contributed by atoms with van der Waals surface area (Å²) in [7, 11) is 1.79. The molecule has 0 radical (unpaired) electrons. The number of halogens is 1. The van der Waals surface area contributed by atoms with Crippen molar-refractivity contribution < 1.29 is 9.53 Å². The van der Waals surface area contributed by atoms with Gasteiger partial charge in [0, 0.05) is 18.9 Å². The number of hydrogen-bond donors (Lipinski definition) is 0. The number of fused-ring (bicyclic) bond motifs is 1. The van der Waals surface area contributed by atoms with Gasteiger partial charge in [-0.2, -0.15) is 0 Å². The summed E-state index contributed by atoms with van der Waals surface area (Å²) in [6.07, 6.45) is 4.74. The van der Waals surface area contributed by atoms with Crippen LogP contribution in [0.3, 0.4) is 0 Å². The van der Waals surface area contributed by atoms with E-state index in [0.717, 1.165) is 18.2 Å². The number of hydrogen-bond acceptors (Lipinski definition) is 2. The van der Waals surface area contributed by atoms with Crippen molar-refractivity contribution in [2.24, 2.45) is 17.3 Å². The van der Waals surface area contributed by atoms with E-state index >= 15 is 0 Å². The summed E-state index contributed by atoms with van der Waals surface area (Å²) in [4.78, 5) is 11.7. The fraction of sp³-hybridized carbons (Fsp3) is 0.800. The maximum absolute atomic E-state index is 11.7. The molecule has 0 bridgehead atoms. The predicted octanol–water partition coefficient (Wildman–Crippen LogP) is 3.74. The standard InChI is InChI=1S/C15H23BrO2/c1-10-5-12(15(3,9-16)18-4)6-11-7-13(17)8-14(10,11)2/h7,10,12H,5-6,8-9H2,1-4H3/t10-,12-,14+,15?/m1/s1. The molecule has 0 amide bonds. The van der Waals surface area contributed by atoms with Crippen molar-refractivity contribution in [3.63, 3.8) is 0 Å². The zero-order chi connectivity index (χ0) is 13.6. The van der Waals surface area contributed by atoms with Crippen LogP contribution in [0.15, 0.2) is 11.6 Å². The summed E-state index contributed by atoms with van der Waals surface area (Å²) in [6.45, 7) is 6.70. The number of ketones is 1. The van der Waals surface area contributed by atoms with E-state index in [-0.39, 0.29) is 11.0 Å². The molecule has 2 nitrogen and oxygen atoms in total. The van der Waals surface area contributed by atoms with Gasteiger partial charge in [0.1, 0.15) is 0 Å². The van der Waals surface area contributed by atoms with Gasteiger partial charge in [0.15, 0.2) is 5.78 Å². The Morgan fingerprint density at radius 2 is 2.28 bits per heavy atom.